The molecule has 0 aromatic carbocycles. The van der Waals surface area contributed by atoms with E-state index < -0.39 is 6.43 Å². The number of pyridine rings is 1. The molecular weight excluding hydrogens is 282 g/mol. The second-order valence-corrected chi connectivity index (χ2v) is 3.52. The molecule has 16 heavy (non-hydrogen) atoms. The maximum Gasteiger partial charge on any atom is 0.269 e. The van der Waals surface area contributed by atoms with Gasteiger partial charge in [-0.25, -0.2) is 13.8 Å². The van der Waals surface area contributed by atoms with Gasteiger partial charge in [0.2, 0.25) is 5.88 Å². The zero-order valence-corrected chi connectivity index (χ0v) is 10.1. The molecule has 0 N–H and O–H groups in total. The number of hydrogen-bond donors (Lipinski definition) is 0. The molecule has 0 saturated heterocycles. The molecule has 86 valence electrons. The van der Waals surface area contributed by atoms with Crippen molar-refractivity contribution in [3.05, 3.63) is 22.9 Å². The molecule has 0 bridgehead atoms. The molecule has 0 aliphatic heterocycles. The van der Waals surface area contributed by atoms with Gasteiger partial charge in [0.15, 0.2) is 0 Å². The van der Waals surface area contributed by atoms with Gasteiger partial charge < -0.3 is 4.74 Å². The molecule has 1 rings (SSSR count). The molecule has 0 aliphatic rings. The maximum atomic E-state index is 12.7. The van der Waals surface area contributed by atoms with Crippen LogP contribution in [0.4, 0.5) is 8.78 Å². The Morgan fingerprint density at radius 3 is 2.75 bits per heavy atom. The highest BCUT2D eigenvalue weighted by Gasteiger charge is 2.18. The van der Waals surface area contributed by atoms with E-state index in [9.17, 15) is 8.78 Å². The van der Waals surface area contributed by atoms with Crippen molar-refractivity contribution in [3.8, 4) is 11.9 Å². The lowest BCUT2D eigenvalue weighted by Gasteiger charge is -2.11. The number of hydrogen-bond acceptors (Lipinski definition) is 3. The van der Waals surface area contributed by atoms with Crippen LogP contribution in [0.5, 0.6) is 5.88 Å². The molecule has 1 heterocycles. The molecule has 0 unspecified atom stereocenters. The summed E-state index contributed by atoms with van der Waals surface area (Å²) < 4.78 is 30.1. The Labute approximate surface area is 100 Å². The van der Waals surface area contributed by atoms with Crippen molar-refractivity contribution in [2.24, 2.45) is 0 Å². The Hall–Kier alpha value is -1.22. The zero-order chi connectivity index (χ0) is 12.1. The molecule has 1 aromatic heterocycles. The molecular formula is C10H9BrF2N2O. The van der Waals surface area contributed by atoms with E-state index in [1.807, 2.05) is 6.07 Å². The molecule has 3 nitrogen and oxygen atoms in total. The van der Waals surface area contributed by atoms with E-state index in [0.717, 1.165) is 0 Å². The average Bonchev–Trinajstić information content (AvgIpc) is 2.28. The van der Waals surface area contributed by atoms with Crippen molar-refractivity contribution < 1.29 is 13.5 Å². The Morgan fingerprint density at radius 1 is 1.62 bits per heavy atom. The van der Waals surface area contributed by atoms with Gasteiger partial charge in [0, 0.05) is 5.33 Å². The van der Waals surface area contributed by atoms with Crippen LogP contribution >= 0.6 is 15.9 Å². The average molecular weight is 291 g/mol. The number of rotatable bonds is 4. The summed E-state index contributed by atoms with van der Waals surface area (Å²) >= 11 is 3.19. The molecule has 0 radical (unpaired) electrons. The van der Waals surface area contributed by atoms with E-state index in [1.54, 1.807) is 0 Å². The fourth-order valence-electron chi connectivity index (χ4n) is 1.27. The topological polar surface area (TPSA) is 45.9 Å². The monoisotopic (exact) mass is 290 g/mol. The summed E-state index contributed by atoms with van der Waals surface area (Å²) in [6, 6.07) is 3.19. The fraction of sp³-hybridized carbons (Fsp3) is 0.400. The molecule has 0 aliphatic carbocycles. The van der Waals surface area contributed by atoms with Gasteiger partial charge in [0.05, 0.1) is 30.9 Å². The molecule has 1 aromatic rings. The van der Waals surface area contributed by atoms with E-state index in [1.165, 1.54) is 13.2 Å². The Kier molecular flexibility index (Phi) is 4.62. The first kappa shape index (κ1) is 12.8. The minimum Gasteiger partial charge on any atom is -0.481 e. The van der Waals surface area contributed by atoms with Gasteiger partial charge in [0.25, 0.3) is 6.43 Å². The van der Waals surface area contributed by atoms with Crippen LogP contribution in [0.1, 0.15) is 23.2 Å². The van der Waals surface area contributed by atoms with E-state index in [4.69, 9.17) is 10.00 Å². The Balaban J connectivity index is 3.30. The molecule has 6 heteroatoms. The van der Waals surface area contributed by atoms with E-state index in [0.29, 0.717) is 16.6 Å². The predicted molar refractivity (Wildman–Crippen MR) is 57.7 cm³/mol. The third-order valence-electron chi connectivity index (χ3n) is 2.01. The van der Waals surface area contributed by atoms with Crippen LogP contribution in [0.2, 0.25) is 0 Å². The van der Waals surface area contributed by atoms with Gasteiger partial charge in [0.1, 0.15) is 0 Å². The lowest BCUT2D eigenvalue weighted by molar-refractivity contribution is 0.146. The number of halogens is 3. The highest BCUT2D eigenvalue weighted by Crippen LogP contribution is 2.30. The van der Waals surface area contributed by atoms with Crippen LogP contribution < -0.4 is 4.74 Å². The standard InChI is InChI=1S/C10H9BrF2N2O/c1-16-10-7(9(12)13)4-6(2-3-14)8(5-11)15-10/h4,9H,2,5H2,1H3. The number of nitriles is 1. The van der Waals surface area contributed by atoms with Crippen LogP contribution in [-0.2, 0) is 11.8 Å². The summed E-state index contributed by atoms with van der Waals surface area (Å²) in [6.45, 7) is 0. The molecule has 0 saturated carbocycles. The smallest absolute Gasteiger partial charge is 0.269 e. The highest BCUT2D eigenvalue weighted by atomic mass is 79.9. The van der Waals surface area contributed by atoms with Crippen molar-refractivity contribution >= 4 is 15.9 Å². The van der Waals surface area contributed by atoms with Crippen molar-refractivity contribution in [2.45, 2.75) is 18.2 Å². The second kappa shape index (κ2) is 5.75. The van der Waals surface area contributed by atoms with Crippen molar-refractivity contribution in [3.63, 3.8) is 0 Å². The summed E-state index contributed by atoms with van der Waals surface area (Å²) in [4.78, 5) is 3.95. The van der Waals surface area contributed by atoms with E-state index >= 15 is 0 Å². The summed E-state index contributed by atoms with van der Waals surface area (Å²) in [6.07, 6.45) is -2.61. The Bertz CT molecular complexity index is 418. The normalized spacial score (nSPS) is 10.2. The lowest BCUT2D eigenvalue weighted by atomic mass is 10.1. The summed E-state index contributed by atoms with van der Waals surface area (Å²) in [7, 11) is 1.29. The first-order valence-corrected chi connectivity index (χ1v) is 5.54. The first-order chi connectivity index (χ1) is 7.63. The van der Waals surface area contributed by atoms with Crippen molar-refractivity contribution in [1.82, 2.24) is 4.98 Å². The first-order valence-electron chi connectivity index (χ1n) is 4.41. The van der Waals surface area contributed by atoms with Gasteiger partial charge in [-0.05, 0) is 11.6 Å². The minimum absolute atomic E-state index is 0.0532. The van der Waals surface area contributed by atoms with Crippen LogP contribution in [0.3, 0.4) is 0 Å². The number of ether oxygens (including phenoxy) is 1. The molecule has 0 amide bonds. The fourth-order valence-corrected chi connectivity index (χ4v) is 1.75. The van der Waals surface area contributed by atoms with Crippen LogP contribution in [0.15, 0.2) is 6.07 Å². The Morgan fingerprint density at radius 2 is 2.31 bits per heavy atom. The third kappa shape index (κ3) is 2.67. The van der Waals surface area contributed by atoms with Gasteiger partial charge >= 0.3 is 0 Å². The quantitative estimate of drug-likeness (QED) is 0.801. The van der Waals surface area contributed by atoms with Gasteiger partial charge in [-0.1, -0.05) is 15.9 Å². The number of aromatic nitrogens is 1. The van der Waals surface area contributed by atoms with Crippen molar-refractivity contribution in [1.29, 1.82) is 5.26 Å². The number of alkyl halides is 3. The molecule has 0 atom stereocenters. The summed E-state index contributed by atoms with van der Waals surface area (Å²) in [5, 5.41) is 8.98. The van der Waals surface area contributed by atoms with Crippen LogP contribution in [0.25, 0.3) is 0 Å². The van der Waals surface area contributed by atoms with E-state index in [2.05, 4.69) is 20.9 Å². The maximum absolute atomic E-state index is 12.7. The van der Waals surface area contributed by atoms with Crippen LogP contribution in [-0.4, -0.2) is 12.1 Å². The van der Waals surface area contributed by atoms with Gasteiger partial charge in [-0.2, -0.15) is 5.26 Å². The highest BCUT2D eigenvalue weighted by molar-refractivity contribution is 9.08. The zero-order valence-electron chi connectivity index (χ0n) is 8.51. The third-order valence-corrected chi connectivity index (χ3v) is 2.54. The largest absolute Gasteiger partial charge is 0.481 e. The predicted octanol–water partition coefficient (Wildman–Crippen LogP) is 2.99. The summed E-state index contributed by atoms with van der Waals surface area (Å²) in [5.41, 5.74) is 0.760. The lowest BCUT2D eigenvalue weighted by Crippen LogP contribution is -2.03. The minimum atomic E-state index is -2.66. The van der Waals surface area contributed by atoms with E-state index in [-0.39, 0.29) is 17.9 Å². The molecule has 0 spiro atoms. The van der Waals surface area contributed by atoms with Crippen molar-refractivity contribution in [2.75, 3.05) is 7.11 Å². The second-order valence-electron chi connectivity index (χ2n) is 2.96. The molecule has 0 fully saturated rings. The number of methoxy groups -OCH3 is 1. The summed E-state index contributed by atoms with van der Waals surface area (Å²) in [5.74, 6) is -0.0915. The SMILES string of the molecule is COc1nc(CBr)c(CC#N)cc1C(F)F. The van der Waals surface area contributed by atoms with Gasteiger partial charge in [-0.15, -0.1) is 0 Å². The number of nitrogens with zero attached hydrogens (tertiary/aromatic N) is 2. The van der Waals surface area contributed by atoms with Gasteiger partial charge in [-0.3, -0.25) is 0 Å². The van der Waals surface area contributed by atoms with Crippen LogP contribution in [0, 0.1) is 11.3 Å².